The zero-order chi connectivity index (χ0) is 34.0. The quantitative estimate of drug-likeness (QED) is 0.0269. The Morgan fingerprint density at radius 1 is 0.915 bits per heavy atom. The van der Waals surface area contributed by atoms with Gasteiger partial charge in [0, 0.05) is 29.1 Å². The fraction of sp³-hybridized carbons (Fsp3) is 0.0476. The number of aromatic carboxylic acids is 1. The molecule has 0 unspecified atom stereocenters. The normalized spacial score (nSPS) is 12.1. The topological polar surface area (TPSA) is 345 Å². The molecule has 1 amide bonds. The van der Waals surface area contributed by atoms with Crippen LogP contribution < -0.4 is 5.32 Å². The number of carboxylic acids is 1. The van der Waals surface area contributed by atoms with Crippen molar-refractivity contribution in [2.45, 2.75) is 21.6 Å². The van der Waals surface area contributed by atoms with Gasteiger partial charge in [0.1, 0.15) is 26.9 Å². The minimum absolute atomic E-state index is 0. The first-order valence-corrected chi connectivity index (χ1v) is 15.2. The zero-order valence-electron chi connectivity index (χ0n) is 22.6. The van der Waals surface area contributed by atoms with Crippen molar-refractivity contribution in [2.24, 2.45) is 20.5 Å². The van der Waals surface area contributed by atoms with Gasteiger partial charge in [0.15, 0.2) is 11.5 Å². The van der Waals surface area contributed by atoms with E-state index in [2.05, 4.69) is 50.3 Å². The predicted molar refractivity (Wildman–Crippen MR) is 150 cm³/mol. The van der Waals surface area contributed by atoms with Gasteiger partial charge in [-0.3, -0.25) is 18.9 Å². The smallest absolute Gasteiger partial charge is 0.373 e. The number of nitrogens with zero attached hydrogens (tertiary/aromatic N) is 6. The number of amides is 1. The van der Waals surface area contributed by atoms with Crippen LogP contribution in [0.1, 0.15) is 17.5 Å². The van der Waals surface area contributed by atoms with Gasteiger partial charge >= 0.3 is 5.97 Å². The number of H-pyrrole nitrogens is 1. The van der Waals surface area contributed by atoms with Gasteiger partial charge in [-0.05, 0) is 35.7 Å². The molecule has 252 valence electrons. The Balaban J connectivity index is 0.00000600. The molecule has 0 atom stereocenters. The summed E-state index contributed by atoms with van der Waals surface area (Å²) in [7, 11) is -10.1. The molecule has 0 aliphatic carbocycles. The molecular formula is C21H16N8NiO14S3. The molecular weight excluding hydrogens is 743 g/mol. The summed E-state index contributed by atoms with van der Waals surface area (Å²) in [6.07, 6.45) is 0. The van der Waals surface area contributed by atoms with Crippen molar-refractivity contribution in [3.05, 3.63) is 36.2 Å². The van der Waals surface area contributed by atoms with E-state index in [9.17, 15) is 45.7 Å². The van der Waals surface area contributed by atoms with Crippen LogP contribution in [0.2, 0.25) is 0 Å². The number of benzene rings is 3. The maximum absolute atomic E-state index is 12.2. The fourth-order valence-electron chi connectivity index (χ4n) is 3.65. The second kappa shape index (κ2) is 14.4. The Labute approximate surface area is 275 Å². The maximum Gasteiger partial charge on any atom is 0.373 e. The molecule has 4 rings (SSSR count). The number of carbonyl (C=O) groups excluding carboxylic acids is 1. The number of fused-ring (bicyclic) bond motifs is 1. The van der Waals surface area contributed by atoms with E-state index in [1.165, 1.54) is 6.07 Å². The number of anilines is 1. The Morgan fingerprint density at radius 3 is 2.13 bits per heavy atom. The van der Waals surface area contributed by atoms with E-state index < -0.39 is 87.6 Å². The largest absolute Gasteiger partial charge is 0.505 e. The number of aromatic nitrogens is 3. The van der Waals surface area contributed by atoms with Crippen molar-refractivity contribution in [1.29, 1.82) is 0 Å². The first kappa shape index (κ1) is 36.8. The Bertz CT molecular complexity index is 2170. The Hall–Kier alpha value is -4.66. The van der Waals surface area contributed by atoms with Crippen LogP contribution in [0.5, 0.6) is 11.5 Å². The van der Waals surface area contributed by atoms with Crippen molar-refractivity contribution in [1.82, 2.24) is 15.2 Å². The molecule has 0 radical (unpaired) electrons. The number of carbonyl (C=O) groups is 2. The monoisotopic (exact) mass is 758 g/mol. The number of hydrogen-bond acceptors (Lipinski definition) is 18. The molecule has 0 aliphatic heterocycles. The SMILES string of the molecule is CC(=O)Nc1ccc(N=Nc2c(SOOO)cc3cc(S(=O)(=O)O)c(N=Nc4nnc(C(=O)O)[nH]4)c(O)c3c2O)c(S(=O)(=O)O)c1.[Ni]. The molecule has 26 heteroatoms. The van der Waals surface area contributed by atoms with Gasteiger partial charge in [-0.1, -0.05) is 5.04 Å². The number of azo groups is 2. The van der Waals surface area contributed by atoms with E-state index >= 15 is 0 Å². The third-order valence-corrected chi connectivity index (χ3v) is 7.79. The number of aromatic hydroxyl groups is 2. The van der Waals surface area contributed by atoms with Crippen LogP contribution in [0, 0.1) is 0 Å². The molecule has 4 aromatic rings. The van der Waals surface area contributed by atoms with Crippen LogP contribution in [-0.2, 0) is 50.9 Å². The van der Waals surface area contributed by atoms with Crippen LogP contribution in [0.4, 0.5) is 28.7 Å². The fourth-order valence-corrected chi connectivity index (χ4v) is 5.45. The maximum atomic E-state index is 12.2. The average Bonchev–Trinajstić information content (AvgIpc) is 3.43. The van der Waals surface area contributed by atoms with Gasteiger partial charge in [0.2, 0.25) is 11.7 Å². The molecule has 0 bridgehead atoms. The van der Waals surface area contributed by atoms with Crippen molar-refractivity contribution >= 4 is 83.6 Å². The summed E-state index contributed by atoms with van der Waals surface area (Å²) in [5.41, 5.74) is -2.15. The molecule has 0 spiro atoms. The summed E-state index contributed by atoms with van der Waals surface area (Å²) in [6, 6.07) is 4.82. The number of nitrogens with one attached hydrogen (secondary N) is 2. The summed E-state index contributed by atoms with van der Waals surface area (Å²) in [6.45, 7) is 1.14. The predicted octanol–water partition coefficient (Wildman–Crippen LogP) is 3.78. The first-order chi connectivity index (χ1) is 21.5. The van der Waals surface area contributed by atoms with Gasteiger partial charge < -0.3 is 20.6 Å². The number of aromatic amines is 1. The molecule has 1 heterocycles. The molecule has 22 nitrogen and oxygen atoms in total. The Morgan fingerprint density at radius 2 is 1.55 bits per heavy atom. The minimum Gasteiger partial charge on any atom is -0.505 e. The number of carboxylic acid groups (broad SMARTS) is 1. The van der Waals surface area contributed by atoms with Crippen molar-refractivity contribution < 1.29 is 82.0 Å². The number of rotatable bonds is 11. The van der Waals surface area contributed by atoms with E-state index in [4.69, 9.17) is 10.4 Å². The van der Waals surface area contributed by atoms with Crippen LogP contribution in [0.3, 0.4) is 0 Å². The standard InChI is InChI=1S/C21H16N8O14S3.Ni/c1-7(30)22-9-2-3-10(12(6-9)45(36,37)38)24-25-15-11(44-43-42-35)4-8-5-13(46(39,40)41)16(18(32)14(8)17(15)31)26-28-21-23-19(20(33)34)27-29-21;/h2-6,31-32,35H,1H3,(H,22,30)(H,33,34)(H,23,27,29)(H,36,37,38)(H,39,40,41);. The van der Waals surface area contributed by atoms with E-state index in [0.717, 1.165) is 31.2 Å². The molecule has 1 aromatic heterocycles. The summed E-state index contributed by atoms with van der Waals surface area (Å²) >= 11 is 0.162. The van der Waals surface area contributed by atoms with Gasteiger partial charge in [-0.15, -0.1) is 35.0 Å². The molecule has 0 fully saturated rings. The molecule has 3 aromatic carbocycles. The zero-order valence-corrected chi connectivity index (χ0v) is 26.0. The molecule has 0 aliphatic rings. The average molecular weight is 759 g/mol. The molecule has 8 N–H and O–H groups in total. The number of phenols is 2. The van der Waals surface area contributed by atoms with Crippen LogP contribution in [0.15, 0.2) is 65.5 Å². The molecule has 47 heavy (non-hydrogen) atoms. The Kier molecular flexibility index (Phi) is 11.3. The van der Waals surface area contributed by atoms with Crippen LogP contribution in [-0.4, -0.2) is 73.6 Å². The van der Waals surface area contributed by atoms with Gasteiger partial charge in [-0.2, -0.15) is 16.8 Å². The second-order valence-electron chi connectivity index (χ2n) is 8.48. The van der Waals surface area contributed by atoms with E-state index in [1.54, 1.807) is 0 Å². The van der Waals surface area contributed by atoms with Crippen LogP contribution >= 0.6 is 12.0 Å². The third-order valence-electron chi connectivity index (χ3n) is 5.42. The molecule has 0 saturated carbocycles. The summed E-state index contributed by atoms with van der Waals surface area (Å²) in [5.74, 6) is -5.44. The summed E-state index contributed by atoms with van der Waals surface area (Å²) in [4.78, 5) is 22.3. The van der Waals surface area contributed by atoms with E-state index in [-0.39, 0.29) is 44.5 Å². The minimum atomic E-state index is -5.18. The summed E-state index contributed by atoms with van der Waals surface area (Å²) < 4.78 is 72.2. The summed E-state index contributed by atoms with van der Waals surface area (Å²) in [5, 5.41) is 65.7. The van der Waals surface area contributed by atoms with E-state index in [0.29, 0.717) is 0 Å². The van der Waals surface area contributed by atoms with Gasteiger partial charge in [-0.25, -0.2) is 10.1 Å². The van der Waals surface area contributed by atoms with Crippen LogP contribution in [0.25, 0.3) is 10.8 Å². The van der Waals surface area contributed by atoms with E-state index in [1.807, 2.05) is 0 Å². The van der Waals surface area contributed by atoms with Crippen molar-refractivity contribution in [3.8, 4) is 11.5 Å². The second-order valence-corrected chi connectivity index (χ2v) is 12.0. The molecule has 0 saturated heterocycles. The first-order valence-electron chi connectivity index (χ1n) is 11.6. The number of hydrogen-bond donors (Lipinski definition) is 8. The van der Waals surface area contributed by atoms with Crippen molar-refractivity contribution in [2.75, 3.05) is 5.32 Å². The third kappa shape index (κ3) is 8.39. The van der Waals surface area contributed by atoms with Gasteiger partial charge in [0.05, 0.1) is 22.3 Å². The number of phenolic OH excluding ortho intramolecular Hbond substituents is 2. The van der Waals surface area contributed by atoms with Crippen molar-refractivity contribution in [3.63, 3.8) is 0 Å². The van der Waals surface area contributed by atoms with Gasteiger partial charge in [0.25, 0.3) is 26.2 Å².